The number of carbonyl (C=O) groups excluding carboxylic acids is 2. The van der Waals surface area contributed by atoms with Crippen LogP contribution in [0.5, 0.6) is 11.5 Å². The maximum Gasteiger partial charge on any atom is 2.00 e. The molecule has 9 heteroatoms. The number of carboxylic acids is 2. The largest absolute Gasteiger partial charge is 2.00 e. The summed E-state index contributed by atoms with van der Waals surface area (Å²) in [7, 11) is 0. The molecule has 8 nitrogen and oxygen atoms in total. The van der Waals surface area contributed by atoms with Crippen LogP contribution in [-0.4, -0.2) is 46.7 Å². The molecule has 5 rings (SSSR count). The minimum atomic E-state index is -1.08. The Hall–Kier alpha value is -4.73. The summed E-state index contributed by atoms with van der Waals surface area (Å²) in [4.78, 5) is 27.7. The molecule has 4 aromatic carbocycles. The van der Waals surface area contributed by atoms with Gasteiger partial charge in [0.05, 0.1) is 12.1 Å². The second-order valence-electron chi connectivity index (χ2n) is 13.1. The Kier molecular flexibility index (Phi) is 17.3. The van der Waals surface area contributed by atoms with E-state index in [1.54, 1.807) is 0 Å². The van der Waals surface area contributed by atoms with Crippen LogP contribution in [0.3, 0.4) is 0 Å². The van der Waals surface area contributed by atoms with Crippen LogP contribution < -0.4 is 10.2 Å². The monoisotopic (exact) mass is 735 g/mol. The van der Waals surface area contributed by atoms with Gasteiger partial charge in [-0.05, 0) is 109 Å². The van der Waals surface area contributed by atoms with E-state index in [2.05, 4.69) is 64.1 Å². The summed E-state index contributed by atoms with van der Waals surface area (Å²) in [6.07, 6.45) is 7.61. The molecule has 0 amide bonds. The van der Waals surface area contributed by atoms with E-state index in [4.69, 9.17) is 29.8 Å². The number of carbonyl (C=O) groups is 2. The quantitative estimate of drug-likeness (QED) is 0.186. The van der Waals surface area contributed by atoms with Crippen molar-refractivity contribution >= 4 is 24.4 Å². The molecule has 0 aromatic heterocycles. The molecule has 1 saturated carbocycles. The van der Waals surface area contributed by atoms with Crippen LogP contribution in [0.25, 0.3) is 22.3 Å². The summed E-state index contributed by atoms with van der Waals surface area (Å²) in [6.45, 7) is 10.4. The van der Waals surface area contributed by atoms with E-state index in [1.165, 1.54) is 0 Å². The smallest absolute Gasteiger partial charge is 0.550 e. The Balaban J connectivity index is 0.000000908. The standard InChI is InChI=1S/C38H42N2O2.2C2H4O2.Co/c1-25(2)35-20-29(27-12-7-5-8-13-27)18-31(37(35)41)23-39-33-16-11-17-34(22-33)40-24-32-19-30(28-14-9-6-10-15-28)21-36(26(3)4)38(32)42;2*1-2(3)4;/h5-10,12-15,18-21,23-26,33-34,41-42H,11,16-17,22H2,1-4H3;2*1H3,(H,3,4);/q;;;+2/p-2. The molecule has 0 saturated heterocycles. The van der Waals surface area contributed by atoms with Crippen molar-refractivity contribution in [2.45, 2.75) is 91.1 Å². The molecule has 2 atom stereocenters. The third-order valence-corrected chi connectivity index (χ3v) is 8.26. The molecular weight excluding hydrogens is 687 g/mol. The van der Waals surface area contributed by atoms with Gasteiger partial charge in [0, 0.05) is 35.5 Å². The summed E-state index contributed by atoms with van der Waals surface area (Å²) >= 11 is 0. The number of carboxylic acid groups (broad SMARTS) is 2. The van der Waals surface area contributed by atoms with Gasteiger partial charge in [-0.25, -0.2) is 0 Å². The van der Waals surface area contributed by atoms with Crippen molar-refractivity contribution in [2.75, 3.05) is 0 Å². The topological polar surface area (TPSA) is 145 Å². The molecule has 4 aromatic rings. The van der Waals surface area contributed by atoms with Crippen LogP contribution in [-0.2, 0) is 26.4 Å². The number of aromatic hydroxyl groups is 2. The Bertz CT molecular complexity index is 1630. The van der Waals surface area contributed by atoms with Gasteiger partial charge in [-0.1, -0.05) is 88.4 Å². The van der Waals surface area contributed by atoms with Crippen molar-refractivity contribution in [3.8, 4) is 33.8 Å². The second kappa shape index (κ2) is 20.8. The first-order chi connectivity index (χ1) is 23.8. The van der Waals surface area contributed by atoms with Gasteiger partial charge in [-0.3, -0.25) is 9.98 Å². The van der Waals surface area contributed by atoms with Gasteiger partial charge in [-0.2, -0.15) is 0 Å². The minimum absolute atomic E-state index is 0. The van der Waals surface area contributed by atoms with Crippen LogP contribution in [0.1, 0.15) is 101 Å². The summed E-state index contributed by atoms with van der Waals surface area (Å²) < 4.78 is 0. The van der Waals surface area contributed by atoms with Crippen molar-refractivity contribution in [1.29, 1.82) is 0 Å². The van der Waals surface area contributed by atoms with Crippen LogP contribution >= 0.6 is 0 Å². The molecule has 271 valence electrons. The van der Waals surface area contributed by atoms with E-state index in [0.717, 1.165) is 84.0 Å². The molecule has 2 N–H and O–H groups in total. The normalized spacial score (nSPS) is 15.5. The molecule has 0 heterocycles. The molecule has 1 aliphatic rings. The van der Waals surface area contributed by atoms with Gasteiger partial charge in [-0.15, -0.1) is 0 Å². The molecule has 1 radical (unpaired) electrons. The second-order valence-corrected chi connectivity index (χ2v) is 13.1. The zero-order valence-corrected chi connectivity index (χ0v) is 31.2. The summed E-state index contributed by atoms with van der Waals surface area (Å²) in [5.41, 5.74) is 7.81. The van der Waals surface area contributed by atoms with Crippen LogP contribution in [0.2, 0.25) is 0 Å². The average molecular weight is 736 g/mol. The molecule has 0 bridgehead atoms. The zero-order valence-electron chi connectivity index (χ0n) is 30.1. The number of nitrogens with zero attached hydrogens (tertiary/aromatic N) is 2. The molecule has 51 heavy (non-hydrogen) atoms. The number of phenolic OH excluding ortho intramolecular Hbond substituents is 2. The molecule has 2 unspecified atom stereocenters. The third kappa shape index (κ3) is 13.5. The molecule has 1 aliphatic carbocycles. The number of benzene rings is 4. The van der Waals surface area contributed by atoms with Crippen molar-refractivity contribution in [2.24, 2.45) is 9.98 Å². The van der Waals surface area contributed by atoms with Gasteiger partial charge >= 0.3 is 16.8 Å². The maximum atomic E-state index is 11.1. The fraction of sp³-hybridized carbons (Fsp3) is 0.333. The van der Waals surface area contributed by atoms with Crippen molar-refractivity contribution < 1.29 is 46.8 Å². The number of aliphatic imine (C=N–C) groups is 2. The fourth-order valence-corrected chi connectivity index (χ4v) is 5.81. The number of phenols is 2. The van der Waals surface area contributed by atoms with E-state index < -0.39 is 11.9 Å². The molecule has 0 spiro atoms. The predicted octanol–water partition coefficient (Wildman–Crippen LogP) is 7.04. The number of rotatable bonds is 8. The SMILES string of the molecule is CC(=O)[O-].CC(=O)[O-].CC(C)c1cc(-c2ccccc2)cc(C=NC2CCCC(N=Cc3cc(-c4ccccc4)cc(C(C)C)c3O)C2)c1O.[Co+2]. The molecule has 0 aliphatic heterocycles. The van der Waals surface area contributed by atoms with Gasteiger partial charge in [0.15, 0.2) is 0 Å². The van der Waals surface area contributed by atoms with Gasteiger partial charge in [0.2, 0.25) is 0 Å². The van der Waals surface area contributed by atoms with Gasteiger partial charge < -0.3 is 30.0 Å². The minimum Gasteiger partial charge on any atom is -0.550 e. The van der Waals surface area contributed by atoms with E-state index in [0.29, 0.717) is 11.5 Å². The van der Waals surface area contributed by atoms with E-state index in [9.17, 15) is 10.2 Å². The van der Waals surface area contributed by atoms with Crippen LogP contribution in [0, 0.1) is 0 Å². The summed E-state index contributed by atoms with van der Waals surface area (Å²) in [5, 5.41) is 39.9. The average Bonchev–Trinajstić information content (AvgIpc) is 3.07. The number of aliphatic carboxylic acids is 2. The van der Waals surface area contributed by atoms with Gasteiger partial charge in [0.25, 0.3) is 0 Å². The Labute approximate surface area is 312 Å². The zero-order chi connectivity index (χ0) is 36.8. The summed E-state index contributed by atoms with van der Waals surface area (Å²) in [6, 6.07) is 29.1. The fourth-order valence-electron chi connectivity index (χ4n) is 5.81. The van der Waals surface area contributed by atoms with E-state index in [-0.39, 0.29) is 40.7 Å². The third-order valence-electron chi connectivity index (χ3n) is 8.26. The van der Waals surface area contributed by atoms with Crippen molar-refractivity contribution in [3.63, 3.8) is 0 Å². The Morgan fingerprint density at radius 2 is 0.980 bits per heavy atom. The maximum absolute atomic E-state index is 11.1. The number of hydrogen-bond acceptors (Lipinski definition) is 8. The van der Waals surface area contributed by atoms with E-state index >= 15 is 0 Å². The van der Waals surface area contributed by atoms with Crippen molar-refractivity contribution in [3.05, 3.63) is 107 Å². The Morgan fingerprint density at radius 1 is 0.647 bits per heavy atom. The Morgan fingerprint density at radius 3 is 1.29 bits per heavy atom. The van der Waals surface area contributed by atoms with Gasteiger partial charge in [0.1, 0.15) is 11.5 Å². The van der Waals surface area contributed by atoms with Crippen molar-refractivity contribution in [1.82, 2.24) is 0 Å². The van der Waals surface area contributed by atoms with Crippen LogP contribution in [0.4, 0.5) is 0 Å². The summed E-state index contributed by atoms with van der Waals surface area (Å²) in [5.74, 6) is -1.15. The molecule has 1 fully saturated rings. The van der Waals surface area contributed by atoms with E-state index in [1.807, 2.05) is 61.0 Å². The first-order valence-electron chi connectivity index (χ1n) is 17.0. The first-order valence-corrected chi connectivity index (χ1v) is 17.0. The van der Waals surface area contributed by atoms with Crippen LogP contribution in [0.15, 0.2) is 94.9 Å². The first kappa shape index (κ1) is 42.4. The molecular formula is C42H48CoN2O6. The number of hydrogen-bond donors (Lipinski definition) is 2. The predicted molar refractivity (Wildman–Crippen MR) is 198 cm³/mol.